The van der Waals surface area contributed by atoms with E-state index >= 15 is 0 Å². The average molecular weight is 474 g/mol. The molecule has 0 saturated carbocycles. The molecule has 6 rings (SSSR count). The van der Waals surface area contributed by atoms with Crippen LogP contribution in [-0.4, -0.2) is 15.0 Å². The van der Waals surface area contributed by atoms with E-state index in [0.717, 1.165) is 36.2 Å². The summed E-state index contributed by atoms with van der Waals surface area (Å²) in [5, 5.41) is 11.5. The number of fused-ring (bicyclic) bond motifs is 4. The third-order valence-corrected chi connectivity index (χ3v) is 8.90. The van der Waals surface area contributed by atoms with Crippen LogP contribution in [0, 0.1) is 0 Å². The first-order chi connectivity index (χ1) is 17.5. The molecular formula is C32H33N4+. The molecular weight excluding hydrogens is 440 g/mol. The first kappa shape index (κ1) is 22.7. The minimum absolute atomic E-state index is 0.0298. The third-order valence-electron chi connectivity index (χ3n) is 8.90. The molecule has 0 N–H and O–H groups in total. The van der Waals surface area contributed by atoms with Crippen molar-refractivity contribution in [1.82, 2.24) is 15.0 Å². The number of rotatable bonds is 5. The van der Waals surface area contributed by atoms with Crippen molar-refractivity contribution < 1.29 is 4.57 Å². The first-order valence-electron chi connectivity index (χ1n) is 13.1. The van der Waals surface area contributed by atoms with Gasteiger partial charge in [-0.25, -0.2) is 4.68 Å². The molecule has 0 fully saturated rings. The molecule has 0 saturated heterocycles. The van der Waals surface area contributed by atoms with Gasteiger partial charge in [-0.05, 0) is 53.9 Å². The fraction of sp³-hybridized carbons (Fsp3) is 0.281. The van der Waals surface area contributed by atoms with E-state index in [-0.39, 0.29) is 11.0 Å². The Kier molecular flexibility index (Phi) is 5.29. The van der Waals surface area contributed by atoms with Crippen molar-refractivity contribution >= 4 is 10.8 Å². The highest BCUT2D eigenvalue weighted by Crippen LogP contribution is 2.51. The van der Waals surface area contributed by atoms with E-state index in [1.807, 2.05) is 10.9 Å². The van der Waals surface area contributed by atoms with Crippen LogP contribution in [-0.2, 0) is 11.0 Å². The summed E-state index contributed by atoms with van der Waals surface area (Å²) >= 11 is 0. The van der Waals surface area contributed by atoms with Gasteiger partial charge < -0.3 is 0 Å². The maximum absolute atomic E-state index is 4.53. The van der Waals surface area contributed by atoms with Crippen LogP contribution in [0.3, 0.4) is 0 Å². The number of hydrogen-bond acceptors (Lipinski definition) is 2. The van der Waals surface area contributed by atoms with E-state index in [1.54, 1.807) is 0 Å². The summed E-state index contributed by atoms with van der Waals surface area (Å²) in [5.74, 6) is 0. The second-order valence-electron chi connectivity index (χ2n) is 10.2. The molecule has 1 aliphatic rings. The monoisotopic (exact) mass is 473 g/mol. The van der Waals surface area contributed by atoms with Crippen molar-refractivity contribution in [2.45, 2.75) is 57.9 Å². The minimum atomic E-state index is 0.0298. The fourth-order valence-electron chi connectivity index (χ4n) is 6.68. The lowest BCUT2D eigenvalue weighted by Gasteiger charge is -2.47. The summed E-state index contributed by atoms with van der Waals surface area (Å²) < 4.78 is 4.45. The smallest absolute Gasteiger partial charge is 0.213 e. The minimum Gasteiger partial charge on any atom is -0.220 e. The van der Waals surface area contributed by atoms with Crippen molar-refractivity contribution in [2.75, 3.05) is 0 Å². The van der Waals surface area contributed by atoms with Crippen LogP contribution in [0.25, 0.3) is 39.0 Å². The van der Waals surface area contributed by atoms with Gasteiger partial charge in [0.1, 0.15) is 5.69 Å². The molecule has 0 aliphatic carbocycles. The van der Waals surface area contributed by atoms with Crippen LogP contribution >= 0.6 is 0 Å². The Bertz CT molecular complexity index is 1580. The quantitative estimate of drug-likeness (QED) is 0.252. The zero-order chi connectivity index (χ0) is 24.9. The SMILES string of the molecule is CCC1(C)c2ccc(-n3cc(-c4ccc5ccccc5c4)nn3)cc2-c2cccc[n+]2C1(CC)CC. The Hall–Kier alpha value is -3.79. The van der Waals surface area contributed by atoms with Gasteiger partial charge in [-0.3, -0.25) is 0 Å². The standard InChI is InChI=1S/C32H33N4/c1-5-31(4)28-18-17-26(21-27(28)30-14-10-11-19-35(30)32(31,6-2)7-3)36-22-29(33-34-36)25-16-15-23-12-8-9-13-24(23)20-25/h8-22H,5-7H2,1-4H3/q+1. The predicted molar refractivity (Wildman–Crippen MR) is 146 cm³/mol. The molecule has 0 radical (unpaired) electrons. The molecule has 1 aliphatic heterocycles. The number of nitrogens with zero attached hydrogens (tertiary/aromatic N) is 4. The Labute approximate surface area is 213 Å². The van der Waals surface area contributed by atoms with Crippen molar-refractivity contribution in [3.63, 3.8) is 0 Å². The van der Waals surface area contributed by atoms with E-state index < -0.39 is 0 Å². The van der Waals surface area contributed by atoms with Gasteiger partial charge in [0.15, 0.2) is 11.7 Å². The predicted octanol–water partition coefficient (Wildman–Crippen LogP) is 7.24. The number of aromatic nitrogens is 4. The molecule has 2 aromatic heterocycles. The number of pyridine rings is 1. The third kappa shape index (κ3) is 3.10. The van der Waals surface area contributed by atoms with Gasteiger partial charge in [0, 0.05) is 30.5 Å². The maximum atomic E-state index is 4.53. The molecule has 1 unspecified atom stereocenters. The Morgan fingerprint density at radius 2 is 1.58 bits per heavy atom. The van der Waals surface area contributed by atoms with Crippen molar-refractivity contribution in [3.05, 3.63) is 96.8 Å². The van der Waals surface area contributed by atoms with E-state index in [0.29, 0.717) is 0 Å². The lowest BCUT2D eigenvalue weighted by Crippen LogP contribution is -2.68. The second kappa shape index (κ2) is 8.41. The van der Waals surface area contributed by atoms with Crippen molar-refractivity contribution in [2.24, 2.45) is 0 Å². The molecule has 4 nitrogen and oxygen atoms in total. The number of hydrogen-bond donors (Lipinski definition) is 0. The van der Waals surface area contributed by atoms with Crippen molar-refractivity contribution in [1.29, 1.82) is 0 Å². The summed E-state index contributed by atoms with van der Waals surface area (Å²) in [6, 6.07) is 28.3. The molecule has 5 aromatic rings. The highest BCUT2D eigenvalue weighted by molar-refractivity contribution is 5.86. The maximum Gasteiger partial charge on any atom is 0.213 e. The molecule has 0 bridgehead atoms. The van der Waals surface area contributed by atoms with Crippen LogP contribution in [0.4, 0.5) is 0 Å². The highest BCUT2D eigenvalue weighted by atomic mass is 15.4. The normalized spacial score (nSPS) is 18.1. The van der Waals surface area contributed by atoms with E-state index in [4.69, 9.17) is 0 Å². The van der Waals surface area contributed by atoms with Crippen LogP contribution in [0.2, 0.25) is 0 Å². The van der Waals surface area contributed by atoms with E-state index in [1.165, 1.54) is 27.6 Å². The summed E-state index contributed by atoms with van der Waals surface area (Å²) in [7, 11) is 0. The molecule has 0 spiro atoms. The molecule has 3 aromatic carbocycles. The molecule has 36 heavy (non-hydrogen) atoms. The van der Waals surface area contributed by atoms with Gasteiger partial charge in [0.2, 0.25) is 5.69 Å². The van der Waals surface area contributed by atoms with Gasteiger partial charge in [-0.15, -0.1) is 5.10 Å². The van der Waals surface area contributed by atoms with E-state index in [9.17, 15) is 0 Å². The van der Waals surface area contributed by atoms with E-state index in [2.05, 4.69) is 128 Å². The van der Waals surface area contributed by atoms with Crippen LogP contribution in [0.15, 0.2) is 91.3 Å². The van der Waals surface area contributed by atoms with Gasteiger partial charge >= 0.3 is 0 Å². The zero-order valence-corrected chi connectivity index (χ0v) is 21.6. The lowest BCUT2D eigenvalue weighted by atomic mass is 9.59. The van der Waals surface area contributed by atoms with Gasteiger partial charge in [-0.1, -0.05) is 68.4 Å². The zero-order valence-electron chi connectivity index (χ0n) is 21.6. The van der Waals surface area contributed by atoms with Crippen molar-refractivity contribution in [3.8, 4) is 28.2 Å². The summed E-state index contributed by atoms with van der Waals surface area (Å²) in [5.41, 5.74) is 7.05. The van der Waals surface area contributed by atoms with Gasteiger partial charge in [-0.2, -0.15) is 4.57 Å². The van der Waals surface area contributed by atoms with Crippen LogP contribution < -0.4 is 4.57 Å². The first-order valence-corrected chi connectivity index (χ1v) is 13.1. The Balaban J connectivity index is 1.47. The average Bonchev–Trinajstić information content (AvgIpc) is 3.44. The molecule has 4 heteroatoms. The number of benzene rings is 3. The summed E-state index contributed by atoms with van der Waals surface area (Å²) in [4.78, 5) is 0. The largest absolute Gasteiger partial charge is 0.220 e. The topological polar surface area (TPSA) is 34.6 Å². The van der Waals surface area contributed by atoms with Crippen LogP contribution in [0.5, 0.6) is 0 Å². The second-order valence-corrected chi connectivity index (χ2v) is 10.2. The summed E-state index contributed by atoms with van der Waals surface area (Å²) in [6.07, 6.45) is 7.58. The Morgan fingerprint density at radius 1 is 0.806 bits per heavy atom. The fourth-order valence-corrected chi connectivity index (χ4v) is 6.68. The molecule has 3 heterocycles. The lowest BCUT2D eigenvalue weighted by molar-refractivity contribution is -0.769. The van der Waals surface area contributed by atoms with Gasteiger partial charge in [0.05, 0.1) is 22.9 Å². The Morgan fingerprint density at radius 3 is 2.36 bits per heavy atom. The highest BCUT2D eigenvalue weighted by Gasteiger charge is 2.58. The molecule has 180 valence electrons. The molecule has 1 atom stereocenters. The molecule has 0 amide bonds. The van der Waals surface area contributed by atoms with Crippen LogP contribution in [0.1, 0.15) is 52.5 Å². The summed E-state index contributed by atoms with van der Waals surface area (Å²) in [6.45, 7) is 9.46. The van der Waals surface area contributed by atoms with Gasteiger partial charge in [0.25, 0.3) is 0 Å².